The van der Waals surface area contributed by atoms with Gasteiger partial charge in [-0.25, -0.2) is 13.6 Å². The van der Waals surface area contributed by atoms with E-state index < -0.39 is 29.3 Å². The van der Waals surface area contributed by atoms with Crippen LogP contribution < -0.4 is 0 Å². The maximum absolute atomic E-state index is 14.2. The lowest BCUT2D eigenvalue weighted by molar-refractivity contribution is -0.0331. The SMILES string of the molecule is N#Cc1c(F)cc(C2=CC3COCC(C2)N3C(=O)OCC2c3ccccc3-c3ccccc32)cc1F. The third kappa shape index (κ3) is 3.66. The highest BCUT2D eigenvalue weighted by molar-refractivity contribution is 5.79. The average molecular weight is 485 g/mol. The topological polar surface area (TPSA) is 62.6 Å². The van der Waals surface area contributed by atoms with Gasteiger partial charge in [-0.05, 0) is 51.9 Å². The summed E-state index contributed by atoms with van der Waals surface area (Å²) in [5.41, 5.74) is 5.09. The van der Waals surface area contributed by atoms with Crippen molar-refractivity contribution in [1.29, 1.82) is 5.26 Å². The molecule has 0 aromatic heterocycles. The number of carbonyl (C=O) groups is 1. The van der Waals surface area contributed by atoms with Crippen molar-refractivity contribution in [1.82, 2.24) is 4.90 Å². The number of amides is 1. The van der Waals surface area contributed by atoms with Crippen LogP contribution in [0.2, 0.25) is 0 Å². The molecule has 2 atom stereocenters. The van der Waals surface area contributed by atoms with Gasteiger partial charge in [0, 0.05) is 5.92 Å². The minimum Gasteiger partial charge on any atom is -0.448 e. The Morgan fingerprint density at radius 1 is 1.03 bits per heavy atom. The summed E-state index contributed by atoms with van der Waals surface area (Å²) in [7, 11) is 0. The number of hydrogen-bond donors (Lipinski definition) is 0. The van der Waals surface area contributed by atoms with Crippen LogP contribution in [0.5, 0.6) is 0 Å². The molecule has 0 saturated carbocycles. The number of halogens is 2. The molecule has 6 rings (SSSR count). The number of morpholine rings is 1. The van der Waals surface area contributed by atoms with Gasteiger partial charge < -0.3 is 9.47 Å². The lowest BCUT2D eigenvalue weighted by Gasteiger charge is -2.44. The third-order valence-corrected chi connectivity index (χ3v) is 7.27. The van der Waals surface area contributed by atoms with Gasteiger partial charge in [-0.2, -0.15) is 5.26 Å². The number of fused-ring (bicyclic) bond motifs is 5. The Bertz CT molecular complexity index is 1380. The summed E-state index contributed by atoms with van der Waals surface area (Å²) in [6, 6.07) is 19.5. The van der Waals surface area contributed by atoms with Crippen molar-refractivity contribution < 1.29 is 23.0 Å². The second kappa shape index (κ2) is 8.89. The zero-order valence-corrected chi connectivity index (χ0v) is 19.3. The molecule has 36 heavy (non-hydrogen) atoms. The molecule has 1 fully saturated rings. The Kier molecular flexibility index (Phi) is 5.54. The highest BCUT2D eigenvalue weighted by Gasteiger charge is 2.40. The van der Waals surface area contributed by atoms with Crippen LogP contribution in [0, 0.1) is 23.0 Å². The molecule has 3 aromatic rings. The van der Waals surface area contributed by atoms with E-state index >= 15 is 0 Å². The first kappa shape index (κ1) is 22.4. The molecule has 2 aliphatic heterocycles. The maximum atomic E-state index is 14.2. The first-order valence-electron chi connectivity index (χ1n) is 11.9. The van der Waals surface area contributed by atoms with Crippen LogP contribution in [-0.2, 0) is 9.47 Å². The standard InChI is InChI=1S/C29H22F2N2O3/c30-27-11-18(12-28(31)25(27)13-32)17-9-19-14-35-15-20(10-17)33(19)29(34)36-16-26-23-7-3-1-5-21(23)22-6-2-4-8-24(22)26/h1-9,11-12,19-20,26H,10,14-16H2. The van der Waals surface area contributed by atoms with E-state index in [1.165, 1.54) is 12.1 Å². The number of benzene rings is 3. The number of rotatable bonds is 3. The largest absolute Gasteiger partial charge is 0.448 e. The predicted molar refractivity (Wildman–Crippen MR) is 129 cm³/mol. The smallest absolute Gasteiger partial charge is 0.410 e. The number of ether oxygens (including phenoxy) is 2. The zero-order chi connectivity index (χ0) is 24.8. The molecular weight excluding hydrogens is 462 g/mol. The molecule has 1 amide bonds. The summed E-state index contributed by atoms with van der Waals surface area (Å²) < 4.78 is 40.0. The molecule has 1 saturated heterocycles. The van der Waals surface area contributed by atoms with Crippen LogP contribution in [0.4, 0.5) is 13.6 Å². The van der Waals surface area contributed by atoms with Crippen molar-refractivity contribution in [2.45, 2.75) is 24.4 Å². The van der Waals surface area contributed by atoms with E-state index in [0.29, 0.717) is 18.6 Å². The Balaban J connectivity index is 1.23. The van der Waals surface area contributed by atoms with Gasteiger partial charge in [0.2, 0.25) is 0 Å². The summed E-state index contributed by atoms with van der Waals surface area (Å²) in [5, 5.41) is 8.95. The number of nitriles is 1. The third-order valence-electron chi connectivity index (χ3n) is 7.27. The van der Waals surface area contributed by atoms with E-state index in [4.69, 9.17) is 14.7 Å². The molecule has 3 aliphatic rings. The second-order valence-corrected chi connectivity index (χ2v) is 9.29. The number of nitrogens with zero attached hydrogens (tertiary/aromatic N) is 2. The van der Waals surface area contributed by atoms with E-state index in [9.17, 15) is 13.6 Å². The van der Waals surface area contributed by atoms with Gasteiger partial charge in [0.15, 0.2) is 0 Å². The van der Waals surface area contributed by atoms with Gasteiger partial charge >= 0.3 is 6.09 Å². The Labute approximate surface area is 207 Å². The van der Waals surface area contributed by atoms with Crippen molar-refractivity contribution in [3.63, 3.8) is 0 Å². The molecule has 5 nitrogen and oxygen atoms in total. The molecule has 180 valence electrons. The normalized spacial score (nSPS) is 20.2. The molecule has 0 radical (unpaired) electrons. The van der Waals surface area contributed by atoms with Crippen LogP contribution in [0.3, 0.4) is 0 Å². The maximum Gasteiger partial charge on any atom is 0.410 e. The van der Waals surface area contributed by atoms with Gasteiger partial charge in [0.25, 0.3) is 0 Å². The van der Waals surface area contributed by atoms with E-state index in [1.807, 2.05) is 24.3 Å². The van der Waals surface area contributed by atoms with Gasteiger partial charge in [-0.15, -0.1) is 0 Å². The van der Waals surface area contributed by atoms with Crippen LogP contribution in [-0.4, -0.2) is 42.9 Å². The summed E-state index contributed by atoms with van der Waals surface area (Å²) in [6.45, 7) is 0.789. The molecule has 1 aliphatic carbocycles. The van der Waals surface area contributed by atoms with E-state index in [1.54, 1.807) is 17.0 Å². The summed E-state index contributed by atoms with van der Waals surface area (Å²) in [4.78, 5) is 15.0. The fraction of sp³-hybridized carbons (Fsp3) is 0.241. The lowest BCUT2D eigenvalue weighted by atomic mass is 9.89. The zero-order valence-electron chi connectivity index (χ0n) is 19.3. The monoisotopic (exact) mass is 484 g/mol. The van der Waals surface area contributed by atoms with Gasteiger partial charge in [0.05, 0.1) is 25.3 Å². The highest BCUT2D eigenvalue weighted by Crippen LogP contribution is 2.44. The van der Waals surface area contributed by atoms with E-state index in [-0.39, 0.29) is 25.2 Å². The molecule has 2 heterocycles. The average Bonchev–Trinajstić information content (AvgIpc) is 3.20. The predicted octanol–water partition coefficient (Wildman–Crippen LogP) is 5.64. The molecule has 0 N–H and O–H groups in total. The van der Waals surface area contributed by atoms with E-state index in [0.717, 1.165) is 27.8 Å². The fourth-order valence-electron chi connectivity index (χ4n) is 5.63. The molecule has 3 aromatic carbocycles. The summed E-state index contributed by atoms with van der Waals surface area (Å²) in [6.07, 6.45) is 1.74. The van der Waals surface area contributed by atoms with Crippen LogP contribution in [0.25, 0.3) is 16.7 Å². The van der Waals surface area contributed by atoms with Crippen molar-refractivity contribution in [3.8, 4) is 17.2 Å². The van der Waals surface area contributed by atoms with Crippen LogP contribution in [0.15, 0.2) is 66.7 Å². The van der Waals surface area contributed by atoms with Crippen LogP contribution >= 0.6 is 0 Å². The number of carbonyl (C=O) groups excluding carboxylic acids is 1. The lowest BCUT2D eigenvalue weighted by Crippen LogP contribution is -2.56. The van der Waals surface area contributed by atoms with Crippen molar-refractivity contribution in [2.24, 2.45) is 0 Å². The second-order valence-electron chi connectivity index (χ2n) is 9.29. The fourth-order valence-corrected chi connectivity index (χ4v) is 5.63. The van der Waals surface area contributed by atoms with Gasteiger partial charge in [-0.3, -0.25) is 4.90 Å². The minimum atomic E-state index is -0.895. The Morgan fingerprint density at radius 3 is 2.28 bits per heavy atom. The Morgan fingerprint density at radius 2 is 1.67 bits per heavy atom. The van der Waals surface area contributed by atoms with Crippen molar-refractivity contribution >= 4 is 11.7 Å². The quantitative estimate of drug-likeness (QED) is 0.483. The minimum absolute atomic E-state index is 0.0436. The number of hydrogen-bond acceptors (Lipinski definition) is 4. The first-order chi connectivity index (χ1) is 17.5. The molecule has 2 unspecified atom stereocenters. The van der Waals surface area contributed by atoms with Crippen molar-refractivity contribution in [2.75, 3.05) is 19.8 Å². The molecule has 0 spiro atoms. The Hall–Kier alpha value is -4.02. The summed E-state index contributed by atoms with van der Waals surface area (Å²) >= 11 is 0. The molecule has 7 heteroatoms. The van der Waals surface area contributed by atoms with E-state index in [2.05, 4.69) is 24.3 Å². The van der Waals surface area contributed by atoms with Crippen LogP contribution in [0.1, 0.15) is 34.6 Å². The highest BCUT2D eigenvalue weighted by atomic mass is 19.1. The van der Waals surface area contributed by atoms with Gasteiger partial charge in [-0.1, -0.05) is 54.6 Å². The molecular formula is C29H22F2N2O3. The molecule has 2 bridgehead atoms. The summed E-state index contributed by atoms with van der Waals surface area (Å²) in [5.74, 6) is -1.83. The van der Waals surface area contributed by atoms with Gasteiger partial charge in [0.1, 0.15) is 29.9 Å². The first-order valence-corrected chi connectivity index (χ1v) is 11.9. The van der Waals surface area contributed by atoms with Crippen molar-refractivity contribution in [3.05, 3.63) is 101 Å².